The van der Waals surface area contributed by atoms with E-state index in [9.17, 15) is 20.0 Å². The molecule has 0 aliphatic carbocycles. The Morgan fingerprint density at radius 2 is 1.81 bits per heavy atom. The van der Waals surface area contributed by atoms with Crippen molar-refractivity contribution < 1.29 is 19.4 Å². The third kappa shape index (κ3) is 5.02. The van der Waals surface area contributed by atoms with Gasteiger partial charge in [0.05, 0.1) is 6.61 Å². The number of nitrogens with one attached hydrogen (secondary N) is 2. The van der Waals surface area contributed by atoms with Gasteiger partial charge in [-0.1, -0.05) is 48.5 Å². The van der Waals surface area contributed by atoms with E-state index >= 15 is 0 Å². The van der Waals surface area contributed by atoms with E-state index in [1.165, 1.54) is 4.57 Å². The smallest absolute Gasteiger partial charge is 0.341 e. The molecule has 0 aliphatic heterocycles. The molecule has 0 radical (unpaired) electrons. The van der Waals surface area contributed by atoms with E-state index in [0.717, 1.165) is 28.2 Å². The molecule has 9 nitrogen and oxygen atoms in total. The first kappa shape index (κ1) is 25.4. The van der Waals surface area contributed by atoms with Gasteiger partial charge in [-0.2, -0.15) is 5.26 Å². The summed E-state index contributed by atoms with van der Waals surface area (Å²) in [6.45, 7) is 1.83. The predicted molar refractivity (Wildman–Crippen MR) is 142 cm³/mol. The van der Waals surface area contributed by atoms with Crippen molar-refractivity contribution in [3.63, 3.8) is 0 Å². The molecule has 0 unspecified atom stereocenters. The molecule has 4 aromatic rings. The van der Waals surface area contributed by atoms with Crippen LogP contribution in [0.5, 0.6) is 0 Å². The molecule has 0 aliphatic rings. The minimum absolute atomic E-state index is 0.00843. The van der Waals surface area contributed by atoms with Crippen LogP contribution in [0.4, 0.5) is 5.00 Å². The number of amides is 1. The van der Waals surface area contributed by atoms with E-state index in [1.54, 1.807) is 42.6 Å². The van der Waals surface area contributed by atoms with E-state index in [1.807, 2.05) is 36.4 Å². The number of aliphatic hydroxyl groups is 1. The molecule has 2 aromatic carbocycles. The molecule has 2 heterocycles. The molecule has 0 saturated heterocycles. The molecule has 0 fully saturated rings. The van der Waals surface area contributed by atoms with Crippen molar-refractivity contribution in [1.82, 2.24) is 4.57 Å². The summed E-state index contributed by atoms with van der Waals surface area (Å²) >= 11 is 1.97. The summed E-state index contributed by atoms with van der Waals surface area (Å²) in [4.78, 5) is 26.3. The highest BCUT2D eigenvalue weighted by Gasteiger charge is 2.25. The zero-order valence-corrected chi connectivity index (χ0v) is 21.2. The Hall–Kier alpha value is -4.66. The molecule has 5 N–H and O–H groups in total. The SMILES string of the molecule is CCOC(=O)c1c(-c2ccccc2)csc1NC(=O)/C(C#N)=c1\s/c(=C(\N)O)c(=N)n1-c1ccccc1. The first-order valence-corrected chi connectivity index (χ1v) is 12.7. The lowest BCUT2D eigenvalue weighted by Crippen LogP contribution is -2.34. The maximum Gasteiger partial charge on any atom is 0.341 e. The van der Waals surface area contributed by atoms with Gasteiger partial charge in [0.15, 0.2) is 11.1 Å². The predicted octanol–water partition coefficient (Wildman–Crippen LogP) is 2.82. The number of hydrogen-bond acceptors (Lipinski definition) is 9. The minimum atomic E-state index is -0.788. The molecule has 1 amide bonds. The third-order valence-corrected chi connectivity index (χ3v) is 7.30. The fourth-order valence-electron chi connectivity index (χ4n) is 3.60. The number of para-hydroxylation sites is 1. The number of thiazole rings is 1. The Bertz CT molecular complexity index is 1690. The van der Waals surface area contributed by atoms with Crippen LogP contribution in [0.3, 0.4) is 0 Å². The number of rotatable bonds is 6. The van der Waals surface area contributed by atoms with Crippen molar-refractivity contribution in [1.29, 1.82) is 10.7 Å². The van der Waals surface area contributed by atoms with Crippen LogP contribution < -0.4 is 25.7 Å². The van der Waals surface area contributed by atoms with Gasteiger partial charge in [0.1, 0.15) is 25.8 Å². The van der Waals surface area contributed by atoms with E-state index < -0.39 is 17.8 Å². The number of aliphatic hydroxyl groups excluding tert-OH is 1. The lowest BCUT2D eigenvalue weighted by Gasteiger charge is -2.09. The second-order valence-corrected chi connectivity index (χ2v) is 9.40. The summed E-state index contributed by atoms with van der Waals surface area (Å²) in [7, 11) is 0. The highest BCUT2D eigenvalue weighted by Crippen LogP contribution is 2.36. The van der Waals surface area contributed by atoms with Crippen molar-refractivity contribution in [2.24, 2.45) is 5.73 Å². The number of aromatic nitrogens is 1. The summed E-state index contributed by atoms with van der Waals surface area (Å²) in [5.74, 6) is -1.99. The summed E-state index contributed by atoms with van der Waals surface area (Å²) in [6.07, 6.45) is 0. The van der Waals surface area contributed by atoms with Gasteiger partial charge in [-0.3, -0.25) is 14.8 Å². The fraction of sp³-hybridized carbons (Fsp3) is 0.0769. The van der Waals surface area contributed by atoms with E-state index in [-0.39, 0.29) is 37.4 Å². The zero-order chi connectivity index (χ0) is 26.5. The average Bonchev–Trinajstić information content (AvgIpc) is 3.47. The molecule has 186 valence electrons. The lowest BCUT2D eigenvalue weighted by atomic mass is 10.0. The number of esters is 1. The molecule has 0 saturated carbocycles. The van der Waals surface area contributed by atoms with Crippen molar-refractivity contribution in [2.75, 3.05) is 11.9 Å². The third-order valence-electron chi connectivity index (χ3n) is 5.22. The summed E-state index contributed by atoms with van der Waals surface area (Å²) in [6, 6.07) is 19.8. The molecular weight excluding hydrogens is 510 g/mol. The zero-order valence-electron chi connectivity index (χ0n) is 19.5. The van der Waals surface area contributed by atoms with Gasteiger partial charge in [0.25, 0.3) is 5.91 Å². The Kier molecular flexibility index (Phi) is 7.52. The van der Waals surface area contributed by atoms with Gasteiger partial charge < -0.3 is 20.9 Å². The van der Waals surface area contributed by atoms with Gasteiger partial charge in [-0.05, 0) is 24.6 Å². The lowest BCUT2D eigenvalue weighted by molar-refractivity contribution is -0.111. The maximum atomic E-state index is 13.4. The standard InChI is InChI=1S/C26H21N5O4S2/c1-2-35-26(34)19-18(15-9-5-3-6-10-15)14-36-24(19)30-23(33)17(13-27)25-31(16-11-7-4-8-12-16)21(28)20(37-25)22(29)32/h3-12,14,28,32H,2,29H2,1H3,(H,30,33)/b22-20+,25-17-,28-21?. The number of nitrogens with two attached hydrogens (primary N) is 1. The molecular formula is C26H21N5O4S2. The molecule has 2 aromatic heterocycles. The fourth-order valence-corrected chi connectivity index (χ4v) is 5.57. The van der Waals surface area contributed by atoms with Crippen LogP contribution in [-0.2, 0) is 9.53 Å². The van der Waals surface area contributed by atoms with Crippen LogP contribution in [-0.4, -0.2) is 28.2 Å². The number of hydrogen-bond donors (Lipinski definition) is 4. The number of thiophene rings is 1. The number of benzene rings is 2. The van der Waals surface area contributed by atoms with Crippen molar-refractivity contribution in [3.8, 4) is 22.9 Å². The average molecular weight is 532 g/mol. The van der Waals surface area contributed by atoms with E-state index in [4.69, 9.17) is 15.9 Å². The molecule has 4 rings (SSSR count). The number of nitriles is 1. The normalized spacial score (nSPS) is 12.3. The second-order valence-electron chi connectivity index (χ2n) is 7.52. The molecule has 0 atom stereocenters. The molecule has 0 spiro atoms. The van der Waals surface area contributed by atoms with Gasteiger partial charge in [-0.15, -0.1) is 22.7 Å². The van der Waals surface area contributed by atoms with Gasteiger partial charge in [0, 0.05) is 16.6 Å². The number of carbonyl (C=O) groups is 2. The molecule has 11 heteroatoms. The van der Waals surface area contributed by atoms with Crippen molar-refractivity contribution >= 4 is 51.0 Å². The number of anilines is 1. The molecule has 0 bridgehead atoms. The van der Waals surface area contributed by atoms with Crippen molar-refractivity contribution in [3.05, 3.63) is 86.3 Å². The van der Waals surface area contributed by atoms with E-state index in [2.05, 4.69) is 5.32 Å². The topological polar surface area (TPSA) is 154 Å². The van der Waals surface area contributed by atoms with Gasteiger partial charge >= 0.3 is 5.97 Å². The van der Waals surface area contributed by atoms with Crippen LogP contribution >= 0.6 is 22.7 Å². The van der Waals surface area contributed by atoms with Crippen LogP contribution in [0.1, 0.15) is 17.3 Å². The monoisotopic (exact) mass is 531 g/mol. The highest BCUT2D eigenvalue weighted by molar-refractivity contribution is 7.15. The van der Waals surface area contributed by atoms with Gasteiger partial charge in [0.2, 0.25) is 5.88 Å². The summed E-state index contributed by atoms with van der Waals surface area (Å²) in [5.41, 5.74) is 7.10. The van der Waals surface area contributed by atoms with E-state index in [0.29, 0.717) is 11.3 Å². The van der Waals surface area contributed by atoms with Crippen molar-refractivity contribution in [2.45, 2.75) is 6.92 Å². The minimum Gasteiger partial charge on any atom is -0.494 e. The number of ether oxygens (including phenoxy) is 1. The quantitative estimate of drug-likeness (QED) is 0.281. The Morgan fingerprint density at radius 1 is 1.16 bits per heavy atom. The Morgan fingerprint density at radius 3 is 2.41 bits per heavy atom. The van der Waals surface area contributed by atoms with Crippen LogP contribution in [0.15, 0.2) is 66.0 Å². The second kappa shape index (κ2) is 10.9. The Labute approximate surface area is 219 Å². The Balaban J connectivity index is 1.88. The summed E-state index contributed by atoms with van der Waals surface area (Å²) < 4.78 is 6.70. The van der Waals surface area contributed by atoms with Crippen LogP contribution in [0.2, 0.25) is 0 Å². The first-order chi connectivity index (χ1) is 17.9. The number of carbonyl (C=O) groups excluding carboxylic acids is 2. The largest absolute Gasteiger partial charge is 0.494 e. The summed E-state index contributed by atoms with van der Waals surface area (Å²) in [5, 5.41) is 33.0. The van der Waals surface area contributed by atoms with Crippen LogP contribution in [0.25, 0.3) is 28.3 Å². The number of nitrogens with zero attached hydrogens (tertiary/aromatic N) is 2. The molecule has 37 heavy (non-hydrogen) atoms. The van der Waals surface area contributed by atoms with Crippen LogP contribution in [0, 0.1) is 16.7 Å². The first-order valence-electron chi connectivity index (χ1n) is 11.0. The maximum absolute atomic E-state index is 13.4. The highest BCUT2D eigenvalue weighted by atomic mass is 32.1. The van der Waals surface area contributed by atoms with Gasteiger partial charge in [-0.25, -0.2) is 4.79 Å².